The summed E-state index contributed by atoms with van der Waals surface area (Å²) in [7, 11) is -3.58. The zero-order valence-corrected chi connectivity index (χ0v) is 15.5. The number of sulfonamides is 1. The zero-order valence-electron chi connectivity index (χ0n) is 14.7. The molecule has 1 aromatic carbocycles. The number of aliphatic hydroxyl groups is 1. The summed E-state index contributed by atoms with van der Waals surface area (Å²) in [5.41, 5.74) is 0.350. The molecule has 1 amide bonds. The molecule has 27 heavy (non-hydrogen) atoms. The van der Waals surface area contributed by atoms with Gasteiger partial charge < -0.3 is 19.6 Å². The molecule has 0 radical (unpaired) electrons. The summed E-state index contributed by atoms with van der Waals surface area (Å²) in [4.78, 5) is 12.3. The van der Waals surface area contributed by atoms with Crippen molar-refractivity contribution in [2.24, 2.45) is 0 Å². The van der Waals surface area contributed by atoms with E-state index < -0.39 is 16.1 Å². The highest BCUT2D eigenvalue weighted by Crippen LogP contribution is 2.18. The van der Waals surface area contributed by atoms with Gasteiger partial charge in [0.2, 0.25) is 10.0 Å². The first-order valence-corrected chi connectivity index (χ1v) is 10.1. The fraction of sp³-hybridized carbons (Fsp3) is 0.389. The SMILES string of the molecule is O=C(NCCC(O)c1ccco1)c1ccc(S(=O)(=O)N2CCOCC2)cc1. The molecular formula is C18H22N2O6S. The number of aliphatic hydroxyl groups excluding tert-OH is 1. The maximum atomic E-state index is 12.6. The second-order valence-electron chi connectivity index (χ2n) is 6.12. The van der Waals surface area contributed by atoms with Crippen LogP contribution < -0.4 is 5.32 Å². The number of ether oxygens (including phenoxy) is 1. The maximum Gasteiger partial charge on any atom is 0.251 e. The third-order valence-corrected chi connectivity index (χ3v) is 6.21. The van der Waals surface area contributed by atoms with Gasteiger partial charge in [-0.05, 0) is 42.8 Å². The summed E-state index contributed by atoms with van der Waals surface area (Å²) in [6.07, 6.45) is 0.994. The third kappa shape index (κ3) is 4.75. The molecule has 1 aliphatic heterocycles. The van der Waals surface area contributed by atoms with E-state index >= 15 is 0 Å². The van der Waals surface area contributed by atoms with Crippen LogP contribution >= 0.6 is 0 Å². The average molecular weight is 394 g/mol. The lowest BCUT2D eigenvalue weighted by Crippen LogP contribution is -2.40. The zero-order chi connectivity index (χ0) is 19.3. The smallest absolute Gasteiger partial charge is 0.251 e. The molecule has 1 aromatic heterocycles. The summed E-state index contributed by atoms with van der Waals surface area (Å²) in [6, 6.07) is 9.16. The van der Waals surface area contributed by atoms with Crippen molar-refractivity contribution in [2.45, 2.75) is 17.4 Å². The van der Waals surface area contributed by atoms with E-state index in [0.717, 1.165) is 0 Å². The van der Waals surface area contributed by atoms with Gasteiger partial charge in [0.25, 0.3) is 5.91 Å². The van der Waals surface area contributed by atoms with Gasteiger partial charge in [-0.25, -0.2) is 8.42 Å². The van der Waals surface area contributed by atoms with Crippen LogP contribution in [0.3, 0.4) is 0 Å². The van der Waals surface area contributed by atoms with Crippen LogP contribution in [-0.4, -0.2) is 56.6 Å². The molecule has 8 nitrogen and oxygen atoms in total. The minimum absolute atomic E-state index is 0.147. The lowest BCUT2D eigenvalue weighted by atomic mass is 10.2. The Kier molecular flexibility index (Phi) is 6.27. The number of hydrogen-bond donors (Lipinski definition) is 2. The lowest BCUT2D eigenvalue weighted by molar-refractivity contribution is 0.0730. The molecule has 1 unspecified atom stereocenters. The van der Waals surface area contributed by atoms with Crippen LogP contribution in [-0.2, 0) is 14.8 Å². The summed E-state index contributed by atoms with van der Waals surface area (Å²) in [6.45, 7) is 1.66. The molecule has 9 heteroatoms. The lowest BCUT2D eigenvalue weighted by Gasteiger charge is -2.26. The highest BCUT2D eigenvalue weighted by atomic mass is 32.2. The van der Waals surface area contributed by atoms with E-state index in [2.05, 4.69) is 5.32 Å². The van der Waals surface area contributed by atoms with Crippen LogP contribution in [0.15, 0.2) is 52.0 Å². The molecular weight excluding hydrogens is 372 g/mol. The van der Waals surface area contributed by atoms with Crippen molar-refractivity contribution in [1.29, 1.82) is 0 Å². The molecule has 2 N–H and O–H groups in total. The second-order valence-corrected chi connectivity index (χ2v) is 8.05. The van der Waals surface area contributed by atoms with Crippen molar-refractivity contribution in [1.82, 2.24) is 9.62 Å². The average Bonchev–Trinajstić information content (AvgIpc) is 3.23. The van der Waals surface area contributed by atoms with Crippen LogP contribution in [0.5, 0.6) is 0 Å². The Morgan fingerprint density at radius 2 is 1.89 bits per heavy atom. The Morgan fingerprint density at radius 3 is 2.52 bits per heavy atom. The van der Waals surface area contributed by atoms with Crippen LogP contribution in [0.4, 0.5) is 0 Å². The predicted molar refractivity (Wildman–Crippen MR) is 96.6 cm³/mol. The van der Waals surface area contributed by atoms with E-state index in [1.54, 1.807) is 12.1 Å². The van der Waals surface area contributed by atoms with Gasteiger partial charge in [-0.15, -0.1) is 0 Å². The Morgan fingerprint density at radius 1 is 1.19 bits per heavy atom. The normalized spacial score (nSPS) is 16.8. The molecule has 1 atom stereocenters. The van der Waals surface area contributed by atoms with Crippen LogP contribution in [0.1, 0.15) is 28.6 Å². The van der Waals surface area contributed by atoms with E-state index in [1.807, 2.05) is 0 Å². The third-order valence-electron chi connectivity index (χ3n) is 4.30. The number of nitrogens with zero attached hydrogens (tertiary/aromatic N) is 1. The van der Waals surface area contributed by atoms with E-state index in [-0.39, 0.29) is 17.3 Å². The second kappa shape index (κ2) is 8.66. The number of amides is 1. The number of rotatable bonds is 7. The number of nitrogens with one attached hydrogen (secondary N) is 1. The van der Waals surface area contributed by atoms with Crippen molar-refractivity contribution in [3.63, 3.8) is 0 Å². The van der Waals surface area contributed by atoms with Crippen LogP contribution in [0.25, 0.3) is 0 Å². The molecule has 1 aliphatic rings. The number of hydrogen-bond acceptors (Lipinski definition) is 6. The number of furan rings is 1. The summed E-state index contributed by atoms with van der Waals surface area (Å²) in [5, 5.41) is 12.6. The highest BCUT2D eigenvalue weighted by molar-refractivity contribution is 7.89. The topological polar surface area (TPSA) is 109 Å². The van der Waals surface area contributed by atoms with Crippen molar-refractivity contribution in [3.05, 3.63) is 54.0 Å². The minimum atomic E-state index is -3.58. The summed E-state index contributed by atoms with van der Waals surface area (Å²) >= 11 is 0. The molecule has 2 aromatic rings. The standard InChI is InChI=1S/C18H22N2O6S/c21-16(17-2-1-11-26-17)7-8-19-18(22)14-3-5-15(6-4-14)27(23,24)20-9-12-25-13-10-20/h1-6,11,16,21H,7-10,12-13H2,(H,19,22). The molecule has 1 fully saturated rings. The molecule has 2 heterocycles. The summed E-state index contributed by atoms with van der Waals surface area (Å²) < 4.78 is 36.8. The first-order chi connectivity index (χ1) is 13.0. The van der Waals surface area contributed by atoms with E-state index in [4.69, 9.17) is 9.15 Å². The van der Waals surface area contributed by atoms with Gasteiger partial charge >= 0.3 is 0 Å². The Hall–Kier alpha value is -2.20. The van der Waals surface area contributed by atoms with Crippen molar-refractivity contribution in [3.8, 4) is 0 Å². The fourth-order valence-corrected chi connectivity index (χ4v) is 4.17. The quantitative estimate of drug-likeness (QED) is 0.729. The van der Waals surface area contributed by atoms with E-state index in [9.17, 15) is 18.3 Å². The number of carbonyl (C=O) groups excluding carboxylic acids is 1. The van der Waals surface area contributed by atoms with Gasteiger partial charge in [-0.1, -0.05) is 0 Å². The van der Waals surface area contributed by atoms with Crippen molar-refractivity contribution < 1.29 is 27.5 Å². The Labute approximate surface area is 157 Å². The summed E-state index contributed by atoms with van der Waals surface area (Å²) in [5.74, 6) is 0.110. The first kappa shape index (κ1) is 19.6. The van der Waals surface area contributed by atoms with Gasteiger partial charge in [0.1, 0.15) is 11.9 Å². The van der Waals surface area contributed by atoms with Crippen molar-refractivity contribution >= 4 is 15.9 Å². The van der Waals surface area contributed by atoms with E-state index in [1.165, 1.54) is 34.8 Å². The molecule has 3 rings (SSSR count). The van der Waals surface area contributed by atoms with Gasteiger partial charge in [0, 0.05) is 25.2 Å². The number of benzene rings is 1. The molecule has 146 valence electrons. The van der Waals surface area contributed by atoms with Crippen LogP contribution in [0, 0.1) is 0 Å². The first-order valence-electron chi connectivity index (χ1n) is 8.66. The van der Waals surface area contributed by atoms with Gasteiger partial charge in [-0.2, -0.15) is 4.31 Å². The minimum Gasteiger partial charge on any atom is -0.467 e. The maximum absolute atomic E-state index is 12.6. The van der Waals surface area contributed by atoms with Gasteiger partial charge in [0.15, 0.2) is 0 Å². The van der Waals surface area contributed by atoms with Crippen LogP contribution in [0.2, 0.25) is 0 Å². The Bertz CT molecular complexity index is 842. The fourth-order valence-electron chi connectivity index (χ4n) is 2.76. The monoisotopic (exact) mass is 394 g/mol. The van der Waals surface area contributed by atoms with Gasteiger partial charge in [0.05, 0.1) is 24.4 Å². The van der Waals surface area contributed by atoms with Gasteiger partial charge in [-0.3, -0.25) is 4.79 Å². The highest BCUT2D eigenvalue weighted by Gasteiger charge is 2.26. The predicted octanol–water partition coefficient (Wildman–Crippen LogP) is 1.15. The Balaban J connectivity index is 1.55. The van der Waals surface area contributed by atoms with Crippen molar-refractivity contribution in [2.75, 3.05) is 32.8 Å². The molecule has 0 spiro atoms. The molecule has 0 bridgehead atoms. The number of carbonyl (C=O) groups is 1. The largest absolute Gasteiger partial charge is 0.467 e. The molecule has 0 saturated carbocycles. The number of morpholine rings is 1. The van der Waals surface area contributed by atoms with E-state index in [0.29, 0.717) is 44.0 Å². The molecule has 1 saturated heterocycles. The molecule has 0 aliphatic carbocycles.